The van der Waals surface area contributed by atoms with Crippen LogP contribution in [0.5, 0.6) is 0 Å². The molecule has 82 valence electrons. The van der Waals surface area contributed by atoms with Crippen LogP contribution in [0, 0.1) is 0 Å². The van der Waals surface area contributed by atoms with Crippen LogP contribution in [0.1, 0.15) is 29.3 Å². The van der Waals surface area contributed by atoms with Gasteiger partial charge in [-0.05, 0) is 12.5 Å². The molecular formula is C10H9BrF2OS. The van der Waals surface area contributed by atoms with Crippen LogP contribution in [0.25, 0.3) is 0 Å². The lowest BCUT2D eigenvalue weighted by atomic mass is 10.1. The molecule has 0 heterocycles. The molecule has 0 saturated carbocycles. The van der Waals surface area contributed by atoms with Gasteiger partial charge in [-0.3, -0.25) is 4.79 Å². The van der Waals surface area contributed by atoms with E-state index in [9.17, 15) is 13.6 Å². The highest BCUT2D eigenvalue weighted by Gasteiger charge is 2.20. The predicted octanol–water partition coefficient (Wildman–Crippen LogP) is 3.94. The number of carbonyl (C=O) groups is 1. The van der Waals surface area contributed by atoms with Crippen molar-refractivity contribution in [2.24, 2.45) is 0 Å². The fourth-order valence-electron chi connectivity index (χ4n) is 1.18. The number of benzene rings is 1. The summed E-state index contributed by atoms with van der Waals surface area (Å²) in [4.78, 5) is 10.7. The minimum atomic E-state index is -2.58. The molecule has 5 heteroatoms. The molecule has 0 aromatic heterocycles. The summed E-state index contributed by atoms with van der Waals surface area (Å²) in [5.74, 6) is -0.142. The highest BCUT2D eigenvalue weighted by atomic mass is 79.9. The Morgan fingerprint density at radius 1 is 1.40 bits per heavy atom. The van der Waals surface area contributed by atoms with Crippen molar-refractivity contribution >= 4 is 34.3 Å². The van der Waals surface area contributed by atoms with Crippen LogP contribution in [0.3, 0.4) is 0 Å². The second kappa shape index (κ2) is 5.07. The molecule has 1 atom stereocenters. The van der Waals surface area contributed by atoms with Gasteiger partial charge in [-0.1, -0.05) is 34.1 Å². The Morgan fingerprint density at radius 2 is 1.93 bits per heavy atom. The minimum absolute atomic E-state index is 0.142. The lowest BCUT2D eigenvalue weighted by Gasteiger charge is -2.12. The van der Waals surface area contributed by atoms with Gasteiger partial charge in [0.15, 0.2) is 0 Å². The quantitative estimate of drug-likeness (QED) is 0.660. The van der Waals surface area contributed by atoms with E-state index in [0.29, 0.717) is 5.56 Å². The first-order chi connectivity index (χ1) is 6.95. The molecule has 1 nitrogen and oxygen atoms in total. The van der Waals surface area contributed by atoms with Gasteiger partial charge in [-0.25, -0.2) is 8.78 Å². The highest BCUT2D eigenvalue weighted by molar-refractivity contribution is 9.09. The van der Waals surface area contributed by atoms with E-state index in [1.54, 1.807) is 6.07 Å². The van der Waals surface area contributed by atoms with Crippen molar-refractivity contribution in [1.29, 1.82) is 0 Å². The Balaban J connectivity index is 3.21. The molecule has 0 saturated heterocycles. The molecule has 0 fully saturated rings. The van der Waals surface area contributed by atoms with E-state index in [1.165, 1.54) is 19.1 Å². The number of hydrogen-bond acceptors (Lipinski definition) is 2. The molecule has 1 aromatic carbocycles. The smallest absolute Gasteiger partial charge is 0.264 e. The number of alkyl halides is 3. The summed E-state index contributed by atoms with van der Waals surface area (Å²) in [5, 5.41) is 0. The molecule has 0 radical (unpaired) electrons. The SMILES string of the molecule is CC(=O)C(Br)c1cccc(C(F)F)c1S. The van der Waals surface area contributed by atoms with Gasteiger partial charge in [0.25, 0.3) is 6.43 Å². The summed E-state index contributed by atoms with van der Waals surface area (Å²) in [6.07, 6.45) is -2.58. The fourth-order valence-corrected chi connectivity index (χ4v) is 2.11. The van der Waals surface area contributed by atoms with Crippen molar-refractivity contribution in [1.82, 2.24) is 0 Å². The highest BCUT2D eigenvalue weighted by Crippen LogP contribution is 2.34. The molecular weight excluding hydrogens is 286 g/mol. The van der Waals surface area contributed by atoms with Gasteiger partial charge in [0, 0.05) is 10.5 Å². The second-order valence-electron chi connectivity index (χ2n) is 3.06. The molecule has 0 amide bonds. The Hall–Kier alpha value is -0.420. The van der Waals surface area contributed by atoms with Gasteiger partial charge < -0.3 is 0 Å². The second-order valence-corrected chi connectivity index (χ2v) is 4.42. The third-order valence-corrected chi connectivity index (χ3v) is 3.62. The molecule has 1 aromatic rings. The molecule has 0 spiro atoms. The summed E-state index contributed by atoms with van der Waals surface area (Å²) >= 11 is 7.16. The first kappa shape index (κ1) is 12.6. The molecule has 1 unspecified atom stereocenters. The van der Waals surface area contributed by atoms with E-state index in [2.05, 4.69) is 28.6 Å². The van der Waals surface area contributed by atoms with E-state index >= 15 is 0 Å². The van der Waals surface area contributed by atoms with E-state index in [-0.39, 0.29) is 16.2 Å². The van der Waals surface area contributed by atoms with Gasteiger partial charge in [0.05, 0.1) is 4.83 Å². The van der Waals surface area contributed by atoms with Crippen LogP contribution in [0.2, 0.25) is 0 Å². The zero-order valence-corrected chi connectivity index (χ0v) is 10.4. The van der Waals surface area contributed by atoms with E-state index in [4.69, 9.17) is 0 Å². The summed E-state index contributed by atoms with van der Waals surface area (Å²) in [6.45, 7) is 1.39. The average molecular weight is 295 g/mol. The average Bonchev–Trinajstić information content (AvgIpc) is 2.16. The van der Waals surface area contributed by atoms with E-state index in [0.717, 1.165) is 0 Å². The van der Waals surface area contributed by atoms with Crippen molar-refractivity contribution in [3.05, 3.63) is 29.3 Å². The molecule has 0 N–H and O–H groups in total. The Bertz CT molecular complexity index is 382. The van der Waals surface area contributed by atoms with Crippen LogP contribution in [-0.4, -0.2) is 5.78 Å². The standard InChI is InChI=1S/C10H9BrF2OS/c1-5(14)8(11)6-3-2-4-7(9(6)15)10(12)13/h2-4,8,10,15H,1H3. The van der Waals surface area contributed by atoms with Crippen LogP contribution >= 0.6 is 28.6 Å². The fraction of sp³-hybridized carbons (Fsp3) is 0.300. The number of carbonyl (C=O) groups excluding carboxylic acids is 1. The molecule has 0 bridgehead atoms. The number of hydrogen-bond donors (Lipinski definition) is 1. The molecule has 15 heavy (non-hydrogen) atoms. The van der Waals surface area contributed by atoms with Crippen LogP contribution in [0.4, 0.5) is 8.78 Å². The van der Waals surface area contributed by atoms with Gasteiger partial charge in [-0.2, -0.15) is 0 Å². The summed E-state index contributed by atoms with van der Waals surface area (Å²) in [6, 6.07) is 4.40. The third-order valence-electron chi connectivity index (χ3n) is 1.96. The zero-order valence-electron chi connectivity index (χ0n) is 7.88. The van der Waals surface area contributed by atoms with Crippen molar-refractivity contribution in [3.8, 4) is 0 Å². The first-order valence-electron chi connectivity index (χ1n) is 4.19. The Morgan fingerprint density at radius 3 is 2.40 bits per heavy atom. The Labute approximate surface area is 100 Å². The minimum Gasteiger partial charge on any atom is -0.298 e. The topological polar surface area (TPSA) is 17.1 Å². The van der Waals surface area contributed by atoms with Gasteiger partial charge in [-0.15, -0.1) is 12.6 Å². The lowest BCUT2D eigenvalue weighted by molar-refractivity contribution is -0.116. The number of halogens is 3. The number of rotatable bonds is 3. The molecule has 0 aliphatic rings. The van der Waals surface area contributed by atoms with Crippen molar-refractivity contribution in [3.63, 3.8) is 0 Å². The third kappa shape index (κ3) is 2.78. The number of Topliss-reactive ketones (excluding diaryl/α,β-unsaturated/α-hetero) is 1. The number of ketones is 1. The summed E-state index contributed by atoms with van der Waals surface area (Å²) in [7, 11) is 0. The van der Waals surface area contributed by atoms with Crippen LogP contribution in [-0.2, 0) is 4.79 Å². The van der Waals surface area contributed by atoms with Gasteiger partial charge in [0.2, 0.25) is 0 Å². The summed E-state index contributed by atoms with van der Waals surface area (Å²) < 4.78 is 25.0. The van der Waals surface area contributed by atoms with Crippen LogP contribution < -0.4 is 0 Å². The zero-order chi connectivity index (χ0) is 11.6. The normalized spacial score (nSPS) is 12.9. The maximum Gasteiger partial charge on any atom is 0.264 e. The van der Waals surface area contributed by atoms with Crippen LogP contribution in [0.15, 0.2) is 23.1 Å². The molecule has 0 aliphatic heterocycles. The van der Waals surface area contributed by atoms with Crippen molar-refractivity contribution in [2.75, 3.05) is 0 Å². The van der Waals surface area contributed by atoms with Gasteiger partial charge in [0.1, 0.15) is 5.78 Å². The number of thiol groups is 1. The van der Waals surface area contributed by atoms with Crippen molar-refractivity contribution in [2.45, 2.75) is 23.1 Å². The van der Waals surface area contributed by atoms with Gasteiger partial charge >= 0.3 is 0 Å². The van der Waals surface area contributed by atoms with E-state index in [1.807, 2.05) is 0 Å². The first-order valence-corrected chi connectivity index (χ1v) is 5.56. The largest absolute Gasteiger partial charge is 0.298 e. The monoisotopic (exact) mass is 294 g/mol. The Kier molecular flexibility index (Phi) is 4.28. The summed E-state index contributed by atoms with van der Waals surface area (Å²) in [5.41, 5.74) is 0.324. The lowest BCUT2D eigenvalue weighted by Crippen LogP contribution is -2.03. The maximum atomic E-state index is 12.5. The van der Waals surface area contributed by atoms with E-state index < -0.39 is 11.3 Å². The van der Waals surface area contributed by atoms with Crippen molar-refractivity contribution < 1.29 is 13.6 Å². The predicted molar refractivity (Wildman–Crippen MR) is 61.0 cm³/mol. The molecule has 0 aliphatic carbocycles. The molecule has 1 rings (SSSR count). The maximum absolute atomic E-state index is 12.5.